The number of hydrogen-bond acceptors (Lipinski definition) is 7. The van der Waals surface area contributed by atoms with Crippen LogP contribution in [0.5, 0.6) is 0 Å². The maximum atomic E-state index is 12.7. The summed E-state index contributed by atoms with van der Waals surface area (Å²) in [7, 11) is 1.42. The van der Waals surface area contributed by atoms with Crippen molar-refractivity contribution in [3.05, 3.63) is 146 Å². The number of unbranched alkanes of at least 4 members (excludes halogenated alkanes) is 10. The van der Waals surface area contributed by atoms with Crippen LogP contribution in [-0.4, -0.2) is 74.9 Å². The first-order valence-corrected chi connectivity index (χ1v) is 29.1. The molecule has 0 heterocycles. The van der Waals surface area contributed by atoms with Gasteiger partial charge in [0.1, 0.15) is 19.8 Å². The predicted molar refractivity (Wildman–Crippen MR) is 307 cm³/mol. The van der Waals surface area contributed by atoms with E-state index in [1.807, 2.05) is 21.1 Å². The van der Waals surface area contributed by atoms with Gasteiger partial charge in [-0.25, -0.2) is 4.57 Å². The lowest BCUT2D eigenvalue weighted by Crippen LogP contribution is -2.37. The van der Waals surface area contributed by atoms with Crippen LogP contribution in [0.4, 0.5) is 0 Å². The molecule has 0 aromatic carbocycles. The van der Waals surface area contributed by atoms with E-state index in [1.165, 1.54) is 12.8 Å². The van der Waals surface area contributed by atoms with E-state index >= 15 is 0 Å². The molecule has 2 atom stereocenters. The molecule has 9 nitrogen and oxygen atoms in total. The highest BCUT2D eigenvalue weighted by Gasteiger charge is 2.27. The van der Waals surface area contributed by atoms with E-state index < -0.39 is 32.5 Å². The predicted octanol–water partition coefficient (Wildman–Crippen LogP) is 17.1. The van der Waals surface area contributed by atoms with Crippen LogP contribution in [0.3, 0.4) is 0 Å². The Morgan fingerprint density at radius 3 is 1.21 bits per heavy atom. The third kappa shape index (κ3) is 55.2. The van der Waals surface area contributed by atoms with E-state index in [1.54, 1.807) is 0 Å². The number of phosphoric acid groups is 1. The molecule has 406 valence electrons. The smallest absolute Gasteiger partial charge is 0.462 e. The molecule has 1 N–H and O–H groups in total. The van der Waals surface area contributed by atoms with Gasteiger partial charge in [-0.15, -0.1) is 0 Å². The SMILES string of the molecule is CC/C=C\C/C=C\C/C=C\C/C=C\C/C=C\C/C=C\C/C=C\C/C=C\C/C=C\C/C=C\C/C=C\CCCCCC(=O)OC(COC(=O)CCCCCCC/C=C\CCCC)COP(=O)(O)OCC[N+](C)(C)C. The molecule has 10 heteroatoms. The molecule has 0 aromatic rings. The quantitative estimate of drug-likeness (QED) is 0.0211. The summed E-state index contributed by atoms with van der Waals surface area (Å²) in [6, 6.07) is 0. The lowest BCUT2D eigenvalue weighted by Gasteiger charge is -2.24. The Labute approximate surface area is 440 Å². The summed E-state index contributed by atoms with van der Waals surface area (Å²) in [6.07, 6.45) is 76.4. The molecule has 0 aliphatic heterocycles. The fourth-order valence-corrected chi connectivity index (χ4v) is 7.33. The molecule has 0 amide bonds. The Bertz CT molecular complexity index is 1720. The van der Waals surface area contributed by atoms with E-state index in [-0.39, 0.29) is 26.1 Å². The minimum absolute atomic E-state index is 0.0156. The number of phosphoric ester groups is 1. The molecule has 0 bridgehead atoms. The van der Waals surface area contributed by atoms with Crippen molar-refractivity contribution in [2.45, 2.75) is 187 Å². The minimum Gasteiger partial charge on any atom is -0.462 e. The third-order valence-corrected chi connectivity index (χ3v) is 11.8. The molecule has 0 aliphatic rings. The van der Waals surface area contributed by atoms with Gasteiger partial charge < -0.3 is 18.9 Å². The fraction of sp³-hybridized carbons (Fsp3) is 0.581. The normalized spacial score (nSPS) is 14.5. The average Bonchev–Trinajstić information content (AvgIpc) is 3.34. The third-order valence-electron chi connectivity index (χ3n) is 10.9. The number of rotatable bonds is 48. The minimum atomic E-state index is -4.40. The zero-order valence-corrected chi connectivity index (χ0v) is 46.7. The summed E-state index contributed by atoms with van der Waals surface area (Å²) in [5, 5.41) is 0. The number of esters is 2. The van der Waals surface area contributed by atoms with Crippen LogP contribution in [-0.2, 0) is 32.7 Å². The van der Waals surface area contributed by atoms with E-state index in [2.05, 4.69) is 160 Å². The second-order valence-electron chi connectivity index (χ2n) is 18.9. The van der Waals surface area contributed by atoms with Gasteiger partial charge in [-0.3, -0.25) is 18.6 Å². The van der Waals surface area contributed by atoms with Gasteiger partial charge in [0.05, 0.1) is 27.7 Å². The molecule has 0 radical (unpaired) electrons. The fourth-order valence-electron chi connectivity index (χ4n) is 6.59. The van der Waals surface area contributed by atoms with Crippen LogP contribution in [0, 0.1) is 0 Å². The number of hydrogen-bond donors (Lipinski definition) is 1. The first-order chi connectivity index (χ1) is 35.0. The summed E-state index contributed by atoms with van der Waals surface area (Å²) in [5.41, 5.74) is 0. The lowest BCUT2D eigenvalue weighted by molar-refractivity contribution is -0.870. The highest BCUT2D eigenvalue weighted by Crippen LogP contribution is 2.43. The maximum absolute atomic E-state index is 12.7. The Morgan fingerprint density at radius 1 is 0.444 bits per heavy atom. The monoisotopic (exact) mass is 1020 g/mol. The summed E-state index contributed by atoms with van der Waals surface area (Å²) in [6.45, 7) is 4.19. The zero-order chi connectivity index (χ0) is 52.7. The van der Waals surface area contributed by atoms with Crippen LogP contribution in [0.15, 0.2) is 146 Å². The molecule has 2 unspecified atom stereocenters. The summed E-state index contributed by atoms with van der Waals surface area (Å²) in [4.78, 5) is 35.5. The van der Waals surface area contributed by atoms with Gasteiger partial charge >= 0.3 is 19.8 Å². The molecule has 0 aromatic heterocycles. The van der Waals surface area contributed by atoms with Gasteiger partial charge in [0.25, 0.3) is 0 Å². The summed E-state index contributed by atoms with van der Waals surface area (Å²) >= 11 is 0. The molecule has 0 aliphatic carbocycles. The van der Waals surface area contributed by atoms with Crippen LogP contribution in [0.1, 0.15) is 181 Å². The molecule has 0 rings (SSSR count). The van der Waals surface area contributed by atoms with Crippen molar-refractivity contribution in [2.24, 2.45) is 0 Å². The van der Waals surface area contributed by atoms with Crippen molar-refractivity contribution in [1.82, 2.24) is 0 Å². The molecule has 72 heavy (non-hydrogen) atoms. The van der Waals surface area contributed by atoms with E-state index in [4.69, 9.17) is 18.5 Å². The molecule has 0 fully saturated rings. The second kappa shape index (κ2) is 51.8. The summed E-state index contributed by atoms with van der Waals surface area (Å²) < 4.78 is 34.3. The number of allylic oxidation sites excluding steroid dienone is 24. The average molecular weight is 1020 g/mol. The number of carbonyl (C=O) groups excluding carboxylic acids is 2. The number of ether oxygens (including phenoxy) is 2. The first-order valence-electron chi connectivity index (χ1n) is 27.6. The van der Waals surface area contributed by atoms with Crippen LogP contribution in [0.2, 0.25) is 0 Å². The zero-order valence-electron chi connectivity index (χ0n) is 45.8. The second-order valence-corrected chi connectivity index (χ2v) is 20.3. The molecule has 0 saturated carbocycles. The molecular formula is C62H101NO8P+. The van der Waals surface area contributed by atoms with Gasteiger partial charge in [-0.2, -0.15) is 0 Å². The standard InChI is InChI=1S/C62H100NO8P/c1-6-8-10-12-14-16-18-19-20-21-22-23-24-25-26-27-28-29-30-31-32-33-34-35-36-37-38-39-40-41-42-43-45-47-49-51-53-55-62(65)71-60(59-70-72(66,67)69-57-56-63(3,4)5)58-68-61(64)54-52-50-48-46-44-17-15-13-11-9-7-2/h8,10,13-16,19-20,22-23,25-26,28-29,31-32,34-35,37-38,40-41,43,45,60H,6-7,9,11-12,17-18,21,24,27,30,33,36,39,42,44,46-59H2,1-5H3/p+1/b10-8-,15-13-,16-14-,20-19-,23-22-,26-25-,29-28-,32-31-,35-34-,38-37-,41-40-,45-43-. The van der Waals surface area contributed by atoms with Gasteiger partial charge in [0, 0.05) is 12.8 Å². The van der Waals surface area contributed by atoms with Crippen LogP contribution >= 0.6 is 7.82 Å². The van der Waals surface area contributed by atoms with Crippen molar-refractivity contribution in [2.75, 3.05) is 47.5 Å². The Morgan fingerprint density at radius 2 is 0.792 bits per heavy atom. The Kier molecular flexibility index (Phi) is 48.8. The number of nitrogens with zero attached hydrogens (tertiary/aromatic N) is 1. The van der Waals surface area contributed by atoms with Crippen LogP contribution in [0.25, 0.3) is 0 Å². The summed E-state index contributed by atoms with van der Waals surface area (Å²) in [5.74, 6) is -0.862. The van der Waals surface area contributed by atoms with Crippen molar-refractivity contribution >= 4 is 19.8 Å². The van der Waals surface area contributed by atoms with Gasteiger partial charge in [0.2, 0.25) is 0 Å². The van der Waals surface area contributed by atoms with Crippen molar-refractivity contribution in [1.29, 1.82) is 0 Å². The van der Waals surface area contributed by atoms with Crippen LogP contribution < -0.4 is 0 Å². The maximum Gasteiger partial charge on any atom is 0.472 e. The number of carbonyl (C=O) groups is 2. The Balaban J connectivity index is 4.23. The molecule has 0 spiro atoms. The number of quaternary nitrogens is 1. The van der Waals surface area contributed by atoms with Crippen molar-refractivity contribution < 1.29 is 42.1 Å². The van der Waals surface area contributed by atoms with E-state index in [0.717, 1.165) is 128 Å². The van der Waals surface area contributed by atoms with Gasteiger partial charge in [0.15, 0.2) is 6.10 Å². The van der Waals surface area contributed by atoms with E-state index in [0.29, 0.717) is 23.9 Å². The van der Waals surface area contributed by atoms with Crippen molar-refractivity contribution in [3.8, 4) is 0 Å². The lowest BCUT2D eigenvalue weighted by atomic mass is 10.1. The highest BCUT2D eigenvalue weighted by molar-refractivity contribution is 7.47. The molecular weight excluding hydrogens is 918 g/mol. The number of likely N-dealkylation sites (N-methyl/N-ethyl adjacent to an activating group) is 1. The highest BCUT2D eigenvalue weighted by atomic mass is 31.2. The van der Waals surface area contributed by atoms with Gasteiger partial charge in [-0.1, -0.05) is 198 Å². The Hall–Kier alpha value is -4.11. The first kappa shape index (κ1) is 67.9. The van der Waals surface area contributed by atoms with Gasteiger partial charge in [-0.05, 0) is 116 Å². The largest absolute Gasteiger partial charge is 0.472 e. The van der Waals surface area contributed by atoms with E-state index in [9.17, 15) is 19.0 Å². The molecule has 0 saturated heterocycles. The van der Waals surface area contributed by atoms with Crippen molar-refractivity contribution in [3.63, 3.8) is 0 Å². The topological polar surface area (TPSA) is 108 Å².